The second kappa shape index (κ2) is 20.3. The zero-order valence-electron chi connectivity index (χ0n) is 43.4. The molecule has 0 spiro atoms. The van der Waals surface area contributed by atoms with Crippen molar-refractivity contribution in [2.75, 3.05) is 0 Å². The number of rotatable bonds is 7. The summed E-state index contributed by atoms with van der Waals surface area (Å²) in [5, 5.41) is 93.6. The van der Waals surface area contributed by atoms with Crippen molar-refractivity contribution in [3.8, 4) is 122 Å². The molecule has 14 heteroatoms. The average Bonchev–Trinajstić information content (AvgIpc) is 1.66. The Morgan fingerprint density at radius 3 is 0.869 bits per heavy atom. The molecular formula is C70H30F3N11. The van der Waals surface area contributed by atoms with Crippen molar-refractivity contribution in [3.05, 3.63) is 238 Å². The van der Waals surface area contributed by atoms with Crippen LogP contribution in [0, 0.1) is 102 Å². The van der Waals surface area contributed by atoms with Crippen LogP contribution < -0.4 is 0 Å². The van der Waals surface area contributed by atoms with E-state index in [9.17, 15) is 47.4 Å². The lowest BCUT2D eigenvalue weighted by Crippen LogP contribution is -2.12. The number of fused-ring (bicyclic) bond motifs is 6. The predicted octanol–water partition coefficient (Wildman–Crippen LogP) is 16.1. The molecule has 0 aliphatic heterocycles. The molecule has 0 saturated heterocycles. The second-order valence-electron chi connectivity index (χ2n) is 19.6. The zero-order valence-corrected chi connectivity index (χ0v) is 43.4. The number of hydrogen-bond donors (Lipinski definition) is 0. The SMILES string of the molecule is N#Cc1cccc(-c2cc(-n3c4cc(-c5ccc(C#N)cc5C#N)ccc4c4ccc(-c5ccc(C#N)cc5C#N)cc43)c(-n3c4cc(-c5ccc(C#N)cc5C#N)ccc4c4ccc(-c5ccc(C#N)cc5C#N)cc43)cc2C(F)(F)F)c1. The molecule has 0 unspecified atom stereocenters. The van der Waals surface area contributed by atoms with Crippen molar-refractivity contribution in [1.29, 1.82) is 47.4 Å². The number of nitriles is 9. The first-order valence-corrected chi connectivity index (χ1v) is 25.6. The van der Waals surface area contributed by atoms with Gasteiger partial charge in [0.1, 0.15) is 0 Å². The van der Waals surface area contributed by atoms with Crippen LogP contribution in [-0.4, -0.2) is 9.13 Å². The minimum atomic E-state index is -5.04. The van der Waals surface area contributed by atoms with E-state index in [1.165, 1.54) is 54.6 Å². The summed E-state index contributed by atoms with van der Waals surface area (Å²) in [6.07, 6.45) is -5.04. The highest BCUT2D eigenvalue weighted by Gasteiger charge is 2.36. The number of nitrogens with zero attached hydrogens (tertiary/aromatic N) is 11. The monoisotopic (exact) mass is 1080 g/mol. The summed E-state index contributed by atoms with van der Waals surface area (Å²) in [6.45, 7) is 0. The minimum absolute atomic E-state index is 0.0146. The Morgan fingerprint density at radius 1 is 0.274 bits per heavy atom. The van der Waals surface area contributed by atoms with Gasteiger partial charge in [-0.25, -0.2) is 0 Å². The van der Waals surface area contributed by atoms with Crippen LogP contribution in [0.15, 0.2) is 182 Å². The second-order valence-corrected chi connectivity index (χ2v) is 19.6. The van der Waals surface area contributed by atoms with Crippen molar-refractivity contribution in [2.45, 2.75) is 6.18 Å². The molecule has 0 saturated carbocycles. The van der Waals surface area contributed by atoms with E-state index in [0.717, 1.165) is 6.07 Å². The Balaban J connectivity index is 1.30. The van der Waals surface area contributed by atoms with E-state index in [4.69, 9.17) is 0 Å². The first-order valence-electron chi connectivity index (χ1n) is 25.6. The van der Waals surface area contributed by atoms with Crippen LogP contribution in [0.5, 0.6) is 0 Å². The normalized spacial score (nSPS) is 10.9. The van der Waals surface area contributed by atoms with Gasteiger partial charge in [0.25, 0.3) is 0 Å². The topological polar surface area (TPSA) is 224 Å². The lowest BCUT2D eigenvalue weighted by molar-refractivity contribution is -0.137. The fraction of sp³-hybridized carbons (Fsp3) is 0.0143. The maximum absolute atomic E-state index is 16.5. The lowest BCUT2D eigenvalue weighted by atomic mass is 9.95. The summed E-state index contributed by atoms with van der Waals surface area (Å²) in [4.78, 5) is 0. The van der Waals surface area contributed by atoms with Gasteiger partial charge in [-0.05, 0) is 153 Å². The summed E-state index contributed by atoms with van der Waals surface area (Å²) in [7, 11) is 0. The van der Waals surface area contributed by atoms with E-state index in [2.05, 4.69) is 54.6 Å². The van der Waals surface area contributed by atoms with Crippen LogP contribution in [0.25, 0.3) is 111 Å². The van der Waals surface area contributed by atoms with Crippen LogP contribution in [0.4, 0.5) is 13.2 Å². The molecule has 0 fully saturated rings. The van der Waals surface area contributed by atoms with Gasteiger partial charge in [-0.3, -0.25) is 0 Å². The van der Waals surface area contributed by atoms with E-state index in [0.29, 0.717) is 88.1 Å². The third kappa shape index (κ3) is 8.57. The molecule has 0 atom stereocenters. The average molecular weight is 1080 g/mol. The Kier molecular flexibility index (Phi) is 12.5. The molecule has 84 heavy (non-hydrogen) atoms. The molecule has 0 radical (unpaired) electrons. The zero-order chi connectivity index (χ0) is 58.6. The molecular weight excluding hydrogens is 1050 g/mol. The number of alkyl halides is 3. The Labute approximate surface area is 476 Å². The standard InChI is InChI=1S/C70H30F3N11/c71-70(72,73)63-30-69(84-66-27-48(56-14-6-43(34-77)23-52(56)38-81)10-18-60(66)61-19-11-49(28-67(61)84)57-15-7-44(35-78)24-53(57)39-82)68(29-62(63)45-3-1-2-40(20-45)31-74)83-64-25-46(54-12-4-41(32-75)21-50(54)36-79)8-16-58(64)59-17-9-47(26-65(59)83)55-13-5-42(33-76)22-51(55)37-80/h1-30H. The lowest BCUT2D eigenvalue weighted by Gasteiger charge is -2.23. The van der Waals surface area contributed by atoms with E-state index in [-0.39, 0.29) is 72.6 Å². The number of halogens is 3. The molecule has 2 aromatic heterocycles. The van der Waals surface area contributed by atoms with Crippen molar-refractivity contribution in [3.63, 3.8) is 0 Å². The van der Waals surface area contributed by atoms with Gasteiger partial charge in [-0.2, -0.15) is 60.5 Å². The highest BCUT2D eigenvalue weighted by Crippen LogP contribution is 2.47. The van der Waals surface area contributed by atoms with Crippen LogP contribution in [0.2, 0.25) is 0 Å². The minimum Gasteiger partial charge on any atom is -0.307 e. The molecule has 10 aromatic carbocycles. The quantitative estimate of drug-likeness (QED) is 0.148. The molecule has 12 rings (SSSR count). The van der Waals surface area contributed by atoms with Gasteiger partial charge in [0.2, 0.25) is 0 Å². The van der Waals surface area contributed by atoms with Gasteiger partial charge in [0, 0.05) is 21.5 Å². The smallest absolute Gasteiger partial charge is 0.307 e. The summed E-state index contributed by atoms with van der Waals surface area (Å²) in [5.74, 6) is 0. The fourth-order valence-corrected chi connectivity index (χ4v) is 11.2. The fourth-order valence-electron chi connectivity index (χ4n) is 11.2. The third-order valence-electron chi connectivity index (χ3n) is 15.1. The van der Waals surface area contributed by atoms with E-state index >= 15 is 13.2 Å². The van der Waals surface area contributed by atoms with E-state index in [1.807, 2.05) is 53.1 Å². The van der Waals surface area contributed by atoms with Gasteiger partial charge in [-0.1, -0.05) is 84.9 Å². The van der Waals surface area contributed by atoms with Gasteiger partial charge in [0.05, 0.1) is 144 Å². The number of aromatic nitrogens is 2. The van der Waals surface area contributed by atoms with Crippen LogP contribution >= 0.6 is 0 Å². The molecule has 0 aliphatic carbocycles. The highest BCUT2D eigenvalue weighted by molar-refractivity contribution is 6.14. The van der Waals surface area contributed by atoms with E-state index in [1.54, 1.807) is 77.4 Å². The van der Waals surface area contributed by atoms with Crippen LogP contribution in [0.3, 0.4) is 0 Å². The van der Waals surface area contributed by atoms with Crippen molar-refractivity contribution in [2.24, 2.45) is 0 Å². The highest BCUT2D eigenvalue weighted by atomic mass is 19.4. The summed E-state index contributed by atoms with van der Waals surface area (Å²) in [6, 6.07) is 68.0. The van der Waals surface area contributed by atoms with Crippen molar-refractivity contribution in [1.82, 2.24) is 9.13 Å². The molecule has 0 bridgehead atoms. The Morgan fingerprint density at radius 2 is 0.571 bits per heavy atom. The third-order valence-corrected chi connectivity index (χ3v) is 15.1. The molecule has 2 heterocycles. The van der Waals surface area contributed by atoms with Gasteiger partial charge in [0.15, 0.2) is 0 Å². The van der Waals surface area contributed by atoms with Crippen molar-refractivity contribution < 1.29 is 13.2 Å². The molecule has 11 nitrogen and oxygen atoms in total. The van der Waals surface area contributed by atoms with E-state index < -0.39 is 11.7 Å². The van der Waals surface area contributed by atoms with Crippen LogP contribution in [-0.2, 0) is 6.18 Å². The first kappa shape index (κ1) is 51.7. The predicted molar refractivity (Wildman–Crippen MR) is 310 cm³/mol. The molecule has 0 N–H and O–H groups in total. The summed E-state index contributed by atoms with van der Waals surface area (Å²) in [5.41, 5.74) is 6.26. The Bertz CT molecular complexity index is 5060. The van der Waals surface area contributed by atoms with Gasteiger partial charge < -0.3 is 9.13 Å². The molecule has 12 aromatic rings. The van der Waals surface area contributed by atoms with Crippen molar-refractivity contribution >= 4 is 43.6 Å². The largest absolute Gasteiger partial charge is 0.417 e. The van der Waals surface area contributed by atoms with Crippen LogP contribution in [0.1, 0.15) is 55.6 Å². The molecule has 0 amide bonds. The van der Waals surface area contributed by atoms with Gasteiger partial charge >= 0.3 is 6.18 Å². The number of benzene rings is 10. The Hall–Kier alpha value is -13.0. The summed E-state index contributed by atoms with van der Waals surface area (Å²) < 4.78 is 52.9. The summed E-state index contributed by atoms with van der Waals surface area (Å²) >= 11 is 0. The maximum atomic E-state index is 16.5. The molecule has 386 valence electrons. The maximum Gasteiger partial charge on any atom is 0.417 e. The van der Waals surface area contributed by atoms with Gasteiger partial charge in [-0.15, -0.1) is 0 Å². The number of hydrogen-bond acceptors (Lipinski definition) is 9. The molecule has 0 aliphatic rings. The first-order chi connectivity index (χ1) is 40.8.